The minimum absolute atomic E-state index is 0.0519. The van der Waals surface area contributed by atoms with E-state index in [0.717, 1.165) is 18.6 Å². The molecule has 0 atom stereocenters. The highest BCUT2D eigenvalue weighted by molar-refractivity contribution is 7.89. The number of sulfonamides is 1. The third-order valence-electron chi connectivity index (χ3n) is 2.50. The second-order valence-corrected chi connectivity index (χ2v) is 6.41. The van der Waals surface area contributed by atoms with Crippen LogP contribution in [0.1, 0.15) is 20.3 Å². The number of benzene rings is 1. The Labute approximate surface area is 114 Å². The van der Waals surface area contributed by atoms with Crippen LogP contribution in [-0.4, -0.2) is 28.2 Å². The molecule has 0 saturated carbocycles. The average Bonchev–Trinajstić information content (AvgIpc) is 2.34. The Morgan fingerprint density at radius 2 is 1.84 bits per heavy atom. The normalized spacial score (nSPS) is 12.0. The fourth-order valence-corrected chi connectivity index (χ4v) is 2.38. The van der Waals surface area contributed by atoms with Crippen LogP contribution in [0, 0.1) is 11.7 Å². The Morgan fingerprint density at radius 1 is 1.21 bits per heavy atom. The van der Waals surface area contributed by atoms with Gasteiger partial charge >= 0.3 is 0 Å². The lowest BCUT2D eigenvalue weighted by Crippen LogP contribution is -2.27. The number of halogens is 1. The van der Waals surface area contributed by atoms with Gasteiger partial charge in [-0.25, -0.2) is 17.5 Å². The smallest absolute Gasteiger partial charge is 0.240 e. The molecule has 4 nitrogen and oxygen atoms in total. The highest BCUT2D eigenvalue weighted by Crippen LogP contribution is 2.09. The Kier molecular flexibility index (Phi) is 6.41. The lowest BCUT2D eigenvalue weighted by Gasteiger charge is -2.08. The van der Waals surface area contributed by atoms with Crippen LogP contribution in [0.25, 0.3) is 0 Å². The summed E-state index contributed by atoms with van der Waals surface area (Å²) in [5.41, 5.74) is 0. The summed E-state index contributed by atoms with van der Waals surface area (Å²) in [7, 11) is -3.58. The van der Waals surface area contributed by atoms with Gasteiger partial charge in [-0.2, -0.15) is 0 Å². The van der Waals surface area contributed by atoms with Crippen molar-refractivity contribution in [3.63, 3.8) is 0 Å². The van der Waals surface area contributed by atoms with E-state index in [-0.39, 0.29) is 11.4 Å². The van der Waals surface area contributed by atoms with E-state index in [1.807, 2.05) is 0 Å². The maximum atomic E-state index is 12.7. The monoisotopic (exact) mass is 289 g/mol. The van der Waals surface area contributed by atoms with Crippen molar-refractivity contribution in [3.05, 3.63) is 30.1 Å². The molecule has 6 heteroatoms. The standard InChI is InChI=1S/C13H20FNO3S/c1-11(2)7-9-18-10-8-15-19(16,17)13-5-3-12(14)4-6-13/h3-6,11,15H,7-10H2,1-2H3. The van der Waals surface area contributed by atoms with Crippen molar-refractivity contribution in [3.8, 4) is 0 Å². The van der Waals surface area contributed by atoms with Gasteiger partial charge in [0.2, 0.25) is 10.0 Å². The fourth-order valence-electron chi connectivity index (χ4n) is 1.37. The molecule has 1 N–H and O–H groups in total. The van der Waals surface area contributed by atoms with Gasteiger partial charge in [0, 0.05) is 13.2 Å². The van der Waals surface area contributed by atoms with Gasteiger partial charge in [0.05, 0.1) is 11.5 Å². The minimum atomic E-state index is -3.58. The molecule has 1 rings (SSSR count). The third-order valence-corrected chi connectivity index (χ3v) is 3.98. The van der Waals surface area contributed by atoms with E-state index in [1.54, 1.807) is 0 Å². The van der Waals surface area contributed by atoms with Crippen LogP contribution in [0.15, 0.2) is 29.2 Å². The maximum absolute atomic E-state index is 12.7. The molecule has 0 unspecified atom stereocenters. The summed E-state index contributed by atoms with van der Waals surface area (Å²) in [5.74, 6) is 0.104. The van der Waals surface area contributed by atoms with Crippen molar-refractivity contribution in [2.75, 3.05) is 19.8 Å². The van der Waals surface area contributed by atoms with Gasteiger partial charge in [0.25, 0.3) is 0 Å². The number of nitrogens with one attached hydrogen (secondary N) is 1. The second kappa shape index (κ2) is 7.57. The molecular formula is C13H20FNO3S. The average molecular weight is 289 g/mol. The summed E-state index contributed by atoms with van der Waals surface area (Å²) >= 11 is 0. The number of hydrogen-bond donors (Lipinski definition) is 1. The molecule has 0 spiro atoms. The Bertz CT molecular complexity index is 471. The molecule has 0 aliphatic rings. The van der Waals surface area contributed by atoms with E-state index in [2.05, 4.69) is 18.6 Å². The summed E-state index contributed by atoms with van der Waals surface area (Å²) in [5, 5.41) is 0. The predicted molar refractivity (Wildman–Crippen MR) is 71.9 cm³/mol. The van der Waals surface area contributed by atoms with E-state index >= 15 is 0 Å². The number of rotatable bonds is 8. The highest BCUT2D eigenvalue weighted by Gasteiger charge is 2.12. The van der Waals surface area contributed by atoms with Crippen molar-refractivity contribution < 1.29 is 17.5 Å². The van der Waals surface area contributed by atoms with Crippen LogP contribution in [0.4, 0.5) is 4.39 Å². The SMILES string of the molecule is CC(C)CCOCCNS(=O)(=O)c1ccc(F)cc1. The maximum Gasteiger partial charge on any atom is 0.240 e. The Morgan fingerprint density at radius 3 is 2.42 bits per heavy atom. The van der Waals surface area contributed by atoms with Gasteiger partial charge in [-0.05, 0) is 36.6 Å². The van der Waals surface area contributed by atoms with Gasteiger partial charge in [-0.3, -0.25) is 0 Å². The lowest BCUT2D eigenvalue weighted by atomic mass is 10.1. The van der Waals surface area contributed by atoms with E-state index in [1.165, 1.54) is 12.1 Å². The molecule has 0 aromatic heterocycles. The van der Waals surface area contributed by atoms with Crippen LogP contribution < -0.4 is 4.72 Å². The van der Waals surface area contributed by atoms with E-state index in [4.69, 9.17) is 4.74 Å². The van der Waals surface area contributed by atoms with Crippen molar-refractivity contribution in [1.29, 1.82) is 0 Å². The molecule has 0 radical (unpaired) electrons. The van der Waals surface area contributed by atoms with Crippen molar-refractivity contribution in [2.45, 2.75) is 25.2 Å². The third kappa shape index (κ3) is 6.13. The highest BCUT2D eigenvalue weighted by atomic mass is 32.2. The number of hydrogen-bond acceptors (Lipinski definition) is 3. The van der Waals surface area contributed by atoms with Gasteiger partial charge in [-0.15, -0.1) is 0 Å². The largest absolute Gasteiger partial charge is 0.380 e. The van der Waals surface area contributed by atoms with Crippen LogP contribution >= 0.6 is 0 Å². The van der Waals surface area contributed by atoms with Crippen LogP contribution in [-0.2, 0) is 14.8 Å². The fraction of sp³-hybridized carbons (Fsp3) is 0.538. The first-order valence-electron chi connectivity index (χ1n) is 6.25. The van der Waals surface area contributed by atoms with Gasteiger partial charge in [-0.1, -0.05) is 13.8 Å². The Hall–Kier alpha value is -0.980. The van der Waals surface area contributed by atoms with Gasteiger partial charge in [0.15, 0.2) is 0 Å². The van der Waals surface area contributed by atoms with Gasteiger partial charge < -0.3 is 4.74 Å². The summed E-state index contributed by atoms with van der Waals surface area (Å²) in [6, 6.07) is 4.70. The molecule has 0 heterocycles. The summed E-state index contributed by atoms with van der Waals surface area (Å²) in [6.07, 6.45) is 0.949. The lowest BCUT2D eigenvalue weighted by molar-refractivity contribution is 0.128. The minimum Gasteiger partial charge on any atom is -0.380 e. The molecule has 0 saturated heterocycles. The van der Waals surface area contributed by atoms with Crippen LogP contribution in [0.3, 0.4) is 0 Å². The van der Waals surface area contributed by atoms with E-state index in [9.17, 15) is 12.8 Å². The quantitative estimate of drug-likeness (QED) is 0.746. The first-order valence-corrected chi connectivity index (χ1v) is 7.73. The molecule has 0 fully saturated rings. The van der Waals surface area contributed by atoms with Gasteiger partial charge in [0.1, 0.15) is 5.82 Å². The molecule has 1 aromatic rings. The predicted octanol–water partition coefficient (Wildman–Crippen LogP) is 2.17. The zero-order valence-corrected chi connectivity index (χ0v) is 12.0. The molecule has 1 aromatic carbocycles. The molecular weight excluding hydrogens is 269 g/mol. The summed E-state index contributed by atoms with van der Waals surface area (Å²) in [6.45, 7) is 5.35. The van der Waals surface area contributed by atoms with E-state index in [0.29, 0.717) is 19.1 Å². The molecule has 0 bridgehead atoms. The van der Waals surface area contributed by atoms with Crippen molar-refractivity contribution in [1.82, 2.24) is 4.72 Å². The molecule has 0 amide bonds. The van der Waals surface area contributed by atoms with Crippen molar-refractivity contribution >= 4 is 10.0 Å². The molecule has 108 valence electrons. The first-order chi connectivity index (χ1) is 8.92. The van der Waals surface area contributed by atoms with E-state index < -0.39 is 15.8 Å². The molecule has 19 heavy (non-hydrogen) atoms. The summed E-state index contributed by atoms with van der Waals surface area (Å²) < 4.78 is 44.0. The first kappa shape index (κ1) is 16.1. The topological polar surface area (TPSA) is 55.4 Å². The zero-order chi connectivity index (χ0) is 14.3. The summed E-state index contributed by atoms with van der Waals surface area (Å²) in [4.78, 5) is 0.0519. The Balaban J connectivity index is 2.33. The second-order valence-electron chi connectivity index (χ2n) is 4.65. The molecule has 0 aliphatic heterocycles. The molecule has 0 aliphatic carbocycles. The zero-order valence-electron chi connectivity index (χ0n) is 11.2. The number of ether oxygens (including phenoxy) is 1. The van der Waals surface area contributed by atoms with Crippen LogP contribution in [0.5, 0.6) is 0 Å². The van der Waals surface area contributed by atoms with Crippen molar-refractivity contribution in [2.24, 2.45) is 5.92 Å². The van der Waals surface area contributed by atoms with Crippen LogP contribution in [0.2, 0.25) is 0 Å².